The second kappa shape index (κ2) is 5.40. The first kappa shape index (κ1) is 13.8. The molecule has 1 N–H and O–H groups in total. The third-order valence-corrected chi connectivity index (χ3v) is 3.41. The van der Waals surface area contributed by atoms with Gasteiger partial charge in [0.05, 0.1) is 17.7 Å². The van der Waals surface area contributed by atoms with Crippen molar-refractivity contribution in [2.45, 2.75) is 18.7 Å². The monoisotopic (exact) mass is 257 g/mol. The van der Waals surface area contributed by atoms with E-state index < -0.39 is 9.84 Å². The predicted octanol–water partition coefficient (Wildman–Crippen LogP) is 2.17. The molecule has 17 heavy (non-hydrogen) atoms. The lowest BCUT2D eigenvalue weighted by atomic mass is 10.2. The summed E-state index contributed by atoms with van der Waals surface area (Å²) in [6.45, 7) is 5.02. The van der Waals surface area contributed by atoms with E-state index in [0.717, 1.165) is 12.2 Å². The number of benzene rings is 1. The van der Waals surface area contributed by atoms with Crippen molar-refractivity contribution >= 4 is 15.5 Å². The zero-order valence-corrected chi connectivity index (χ0v) is 11.5. The largest absolute Gasteiger partial charge is 0.495 e. The van der Waals surface area contributed by atoms with Crippen LogP contribution in [0.25, 0.3) is 0 Å². The molecule has 0 saturated carbocycles. The Morgan fingerprint density at radius 3 is 2.47 bits per heavy atom. The van der Waals surface area contributed by atoms with Crippen LogP contribution in [0, 0.1) is 5.92 Å². The molecule has 0 atom stereocenters. The fraction of sp³-hybridized carbons (Fsp3) is 0.500. The standard InChI is InChI=1S/C12H19NO3S/c1-9(2)8-13-11-6-5-10(17(4,14)15)7-12(11)16-3/h5-7,9,13H,8H2,1-4H3. The lowest BCUT2D eigenvalue weighted by Crippen LogP contribution is -2.09. The zero-order valence-electron chi connectivity index (χ0n) is 10.6. The van der Waals surface area contributed by atoms with Crippen LogP contribution < -0.4 is 10.1 Å². The van der Waals surface area contributed by atoms with E-state index in [1.165, 1.54) is 19.4 Å². The molecule has 0 heterocycles. The van der Waals surface area contributed by atoms with Gasteiger partial charge >= 0.3 is 0 Å². The molecule has 0 fully saturated rings. The number of rotatable bonds is 5. The Balaban J connectivity index is 3.02. The first-order chi connectivity index (χ1) is 7.84. The lowest BCUT2D eigenvalue weighted by molar-refractivity contribution is 0.415. The van der Waals surface area contributed by atoms with Gasteiger partial charge in [0.2, 0.25) is 0 Å². The van der Waals surface area contributed by atoms with Gasteiger partial charge in [-0.05, 0) is 18.1 Å². The number of methoxy groups -OCH3 is 1. The van der Waals surface area contributed by atoms with Gasteiger partial charge in [-0.25, -0.2) is 8.42 Å². The van der Waals surface area contributed by atoms with E-state index in [4.69, 9.17) is 4.74 Å². The number of nitrogens with one attached hydrogen (secondary N) is 1. The van der Waals surface area contributed by atoms with Gasteiger partial charge in [-0.1, -0.05) is 13.8 Å². The smallest absolute Gasteiger partial charge is 0.175 e. The summed E-state index contributed by atoms with van der Waals surface area (Å²) in [5, 5.41) is 3.22. The number of sulfone groups is 1. The van der Waals surface area contributed by atoms with Crippen molar-refractivity contribution in [1.29, 1.82) is 0 Å². The van der Waals surface area contributed by atoms with Crippen molar-refractivity contribution in [2.24, 2.45) is 5.92 Å². The van der Waals surface area contributed by atoms with Crippen molar-refractivity contribution in [1.82, 2.24) is 0 Å². The molecule has 0 saturated heterocycles. The van der Waals surface area contributed by atoms with Gasteiger partial charge in [0, 0.05) is 18.9 Å². The van der Waals surface area contributed by atoms with Gasteiger partial charge < -0.3 is 10.1 Å². The summed E-state index contributed by atoms with van der Waals surface area (Å²) in [5.41, 5.74) is 0.814. The van der Waals surface area contributed by atoms with Crippen LogP contribution in [0.1, 0.15) is 13.8 Å². The van der Waals surface area contributed by atoms with Crippen LogP contribution in [0.4, 0.5) is 5.69 Å². The number of anilines is 1. The molecule has 0 radical (unpaired) electrons. The molecular weight excluding hydrogens is 238 g/mol. The predicted molar refractivity (Wildman–Crippen MR) is 69.4 cm³/mol. The quantitative estimate of drug-likeness (QED) is 0.878. The van der Waals surface area contributed by atoms with Gasteiger partial charge in [-0.15, -0.1) is 0 Å². The molecule has 4 nitrogen and oxygen atoms in total. The average Bonchev–Trinajstić information content (AvgIpc) is 2.24. The van der Waals surface area contributed by atoms with Gasteiger partial charge in [-0.3, -0.25) is 0 Å². The molecule has 1 aromatic carbocycles. The molecule has 0 spiro atoms. The van der Waals surface area contributed by atoms with Crippen LogP contribution >= 0.6 is 0 Å². The Kier molecular flexibility index (Phi) is 4.40. The minimum Gasteiger partial charge on any atom is -0.495 e. The summed E-state index contributed by atoms with van der Waals surface area (Å²) in [4.78, 5) is 0.268. The normalized spacial score (nSPS) is 11.6. The second-order valence-corrected chi connectivity index (χ2v) is 6.42. The molecule has 0 aromatic heterocycles. The van der Waals surface area contributed by atoms with Crippen molar-refractivity contribution in [3.63, 3.8) is 0 Å². The summed E-state index contributed by atoms with van der Waals surface area (Å²) in [6, 6.07) is 4.86. The Morgan fingerprint density at radius 1 is 1.35 bits per heavy atom. The first-order valence-corrected chi connectivity index (χ1v) is 7.35. The summed E-state index contributed by atoms with van der Waals surface area (Å²) >= 11 is 0. The van der Waals surface area contributed by atoms with E-state index in [9.17, 15) is 8.42 Å². The van der Waals surface area contributed by atoms with Crippen molar-refractivity contribution in [3.05, 3.63) is 18.2 Å². The van der Waals surface area contributed by atoms with E-state index in [0.29, 0.717) is 11.7 Å². The number of hydrogen-bond acceptors (Lipinski definition) is 4. The summed E-state index contributed by atoms with van der Waals surface area (Å²) in [6.07, 6.45) is 1.18. The highest BCUT2D eigenvalue weighted by Gasteiger charge is 2.11. The second-order valence-electron chi connectivity index (χ2n) is 4.41. The van der Waals surface area contributed by atoms with E-state index in [2.05, 4.69) is 19.2 Å². The van der Waals surface area contributed by atoms with Crippen molar-refractivity contribution < 1.29 is 13.2 Å². The van der Waals surface area contributed by atoms with Crippen LogP contribution in [0.3, 0.4) is 0 Å². The van der Waals surface area contributed by atoms with Gasteiger partial charge in [-0.2, -0.15) is 0 Å². The Morgan fingerprint density at radius 2 is 2.00 bits per heavy atom. The van der Waals surface area contributed by atoms with Crippen molar-refractivity contribution in [3.8, 4) is 5.75 Å². The molecule has 0 aliphatic rings. The minimum atomic E-state index is -3.19. The molecular formula is C12H19NO3S. The highest BCUT2D eigenvalue weighted by atomic mass is 32.2. The Bertz CT molecular complexity index is 481. The SMILES string of the molecule is COc1cc(S(C)(=O)=O)ccc1NCC(C)C. The fourth-order valence-corrected chi connectivity index (χ4v) is 2.00. The fourth-order valence-electron chi connectivity index (χ4n) is 1.36. The maximum absolute atomic E-state index is 11.4. The van der Waals surface area contributed by atoms with Gasteiger partial charge in [0.15, 0.2) is 9.84 Å². The van der Waals surface area contributed by atoms with E-state index in [1.807, 2.05) is 0 Å². The molecule has 0 bridgehead atoms. The Hall–Kier alpha value is -1.23. The average molecular weight is 257 g/mol. The highest BCUT2D eigenvalue weighted by molar-refractivity contribution is 7.90. The number of ether oxygens (including phenoxy) is 1. The third kappa shape index (κ3) is 3.93. The van der Waals surface area contributed by atoms with E-state index >= 15 is 0 Å². The molecule has 0 aliphatic carbocycles. The molecule has 0 aliphatic heterocycles. The maximum atomic E-state index is 11.4. The molecule has 0 amide bonds. The molecule has 0 unspecified atom stereocenters. The summed E-state index contributed by atoms with van der Waals surface area (Å²) < 4.78 is 28.0. The molecule has 96 valence electrons. The van der Waals surface area contributed by atoms with Crippen LogP contribution in [-0.2, 0) is 9.84 Å². The topological polar surface area (TPSA) is 55.4 Å². The van der Waals surface area contributed by atoms with Crippen LogP contribution in [0.2, 0.25) is 0 Å². The summed E-state index contributed by atoms with van der Waals surface area (Å²) in [5.74, 6) is 1.06. The molecule has 1 rings (SSSR count). The Labute approximate surface area is 103 Å². The zero-order chi connectivity index (χ0) is 13.1. The van der Waals surface area contributed by atoms with Crippen LogP contribution in [0.15, 0.2) is 23.1 Å². The van der Waals surface area contributed by atoms with Crippen LogP contribution in [-0.4, -0.2) is 28.3 Å². The molecule has 5 heteroatoms. The van der Waals surface area contributed by atoms with Crippen LogP contribution in [0.5, 0.6) is 5.75 Å². The summed E-state index contributed by atoms with van der Waals surface area (Å²) in [7, 11) is -1.66. The lowest BCUT2D eigenvalue weighted by Gasteiger charge is -2.13. The van der Waals surface area contributed by atoms with E-state index in [-0.39, 0.29) is 4.90 Å². The minimum absolute atomic E-state index is 0.268. The molecule has 1 aromatic rings. The van der Waals surface area contributed by atoms with Gasteiger partial charge in [0.25, 0.3) is 0 Å². The maximum Gasteiger partial charge on any atom is 0.175 e. The van der Waals surface area contributed by atoms with E-state index in [1.54, 1.807) is 12.1 Å². The highest BCUT2D eigenvalue weighted by Crippen LogP contribution is 2.27. The van der Waals surface area contributed by atoms with Gasteiger partial charge in [0.1, 0.15) is 5.75 Å². The first-order valence-electron chi connectivity index (χ1n) is 5.46. The number of hydrogen-bond donors (Lipinski definition) is 1. The van der Waals surface area contributed by atoms with Crippen molar-refractivity contribution in [2.75, 3.05) is 25.2 Å². The third-order valence-electron chi connectivity index (χ3n) is 2.30.